The maximum Gasteiger partial charge on any atom is 0.0839 e. The van der Waals surface area contributed by atoms with Crippen molar-refractivity contribution in [3.8, 4) is 0 Å². The number of quaternary nitrogens is 2. The molecule has 2 fully saturated rings. The molecule has 2 heteroatoms. The molecule has 2 unspecified atom stereocenters. The minimum atomic E-state index is 1.06. The van der Waals surface area contributed by atoms with E-state index in [1.165, 1.54) is 49.9 Å². The number of hydrogen-bond acceptors (Lipinski definition) is 0. The molecule has 2 atom stereocenters. The van der Waals surface area contributed by atoms with E-state index in [1.54, 1.807) is 6.42 Å². The third kappa shape index (κ3) is 3.21. The monoisotopic (exact) mass is 226 g/mol. The zero-order chi connectivity index (χ0) is 11.8. The van der Waals surface area contributed by atoms with Gasteiger partial charge in [0.05, 0.1) is 54.4 Å². The summed E-state index contributed by atoms with van der Waals surface area (Å²) in [4.78, 5) is 0. The van der Waals surface area contributed by atoms with Crippen LogP contribution in [-0.4, -0.2) is 63.3 Å². The average molecular weight is 226 g/mol. The van der Waals surface area contributed by atoms with Gasteiger partial charge in [-0.15, -0.1) is 0 Å². The maximum absolute atomic E-state index is 2.50. The Hall–Kier alpha value is -0.0800. The quantitative estimate of drug-likeness (QED) is 0.643. The van der Waals surface area contributed by atoms with Crippen molar-refractivity contribution < 1.29 is 8.97 Å². The number of rotatable bonds is 4. The highest BCUT2D eigenvalue weighted by atomic mass is 15.3. The predicted octanol–water partition coefficient (Wildman–Crippen LogP) is 1.96. The van der Waals surface area contributed by atoms with E-state index in [0.717, 1.165) is 16.3 Å². The van der Waals surface area contributed by atoms with Gasteiger partial charge in [0.25, 0.3) is 0 Å². The molecule has 1 saturated carbocycles. The molecule has 2 bridgehead atoms. The molecule has 2 aliphatic rings. The van der Waals surface area contributed by atoms with E-state index in [1.807, 2.05) is 0 Å². The zero-order valence-electron chi connectivity index (χ0n) is 11.7. The molecular formula is C14H30N2+2. The zero-order valence-corrected chi connectivity index (χ0v) is 11.7. The largest absolute Gasteiger partial charge is 0.331 e. The van der Waals surface area contributed by atoms with Gasteiger partial charge in [-0.05, 0) is 19.3 Å². The lowest BCUT2D eigenvalue weighted by Gasteiger charge is -2.41. The van der Waals surface area contributed by atoms with Crippen molar-refractivity contribution in [3.05, 3.63) is 0 Å². The molecular weight excluding hydrogens is 196 g/mol. The Morgan fingerprint density at radius 1 is 1.06 bits per heavy atom. The third-order valence-corrected chi connectivity index (χ3v) is 4.57. The van der Waals surface area contributed by atoms with Crippen molar-refractivity contribution >= 4 is 0 Å². The number of fused-ring (bicyclic) bond motifs is 2. The van der Waals surface area contributed by atoms with Gasteiger partial charge in [-0.25, -0.2) is 0 Å². The first kappa shape index (κ1) is 12.4. The molecule has 16 heavy (non-hydrogen) atoms. The standard InChI is InChI=1S/C14H30N2/c1-15(2,3)8-5-9-16(4)11-13-6-7-14(10-13)12-16/h13-14H,5-12H2,1-4H3/q+2. The molecule has 0 amide bonds. The Kier molecular flexibility index (Phi) is 3.33. The van der Waals surface area contributed by atoms with Crippen LogP contribution in [0.4, 0.5) is 0 Å². The highest BCUT2D eigenvalue weighted by Gasteiger charge is 2.40. The Morgan fingerprint density at radius 2 is 1.62 bits per heavy atom. The van der Waals surface area contributed by atoms with Gasteiger partial charge in [0.15, 0.2) is 0 Å². The summed E-state index contributed by atoms with van der Waals surface area (Å²) < 4.78 is 2.49. The van der Waals surface area contributed by atoms with Crippen LogP contribution >= 0.6 is 0 Å². The smallest absolute Gasteiger partial charge is 0.0839 e. The summed E-state index contributed by atoms with van der Waals surface area (Å²) in [6.07, 6.45) is 5.98. The van der Waals surface area contributed by atoms with Crippen molar-refractivity contribution in [2.45, 2.75) is 25.7 Å². The van der Waals surface area contributed by atoms with Crippen LogP contribution in [0, 0.1) is 11.8 Å². The summed E-state index contributed by atoms with van der Waals surface area (Å²) in [5.74, 6) is 2.13. The van der Waals surface area contributed by atoms with Crippen molar-refractivity contribution in [3.63, 3.8) is 0 Å². The highest BCUT2D eigenvalue weighted by Crippen LogP contribution is 2.38. The van der Waals surface area contributed by atoms with Crippen molar-refractivity contribution in [1.29, 1.82) is 0 Å². The first-order chi connectivity index (χ1) is 7.36. The third-order valence-electron chi connectivity index (χ3n) is 4.57. The van der Waals surface area contributed by atoms with Gasteiger partial charge >= 0.3 is 0 Å². The van der Waals surface area contributed by atoms with E-state index in [2.05, 4.69) is 28.2 Å². The van der Waals surface area contributed by atoms with E-state index in [9.17, 15) is 0 Å². The fourth-order valence-electron chi connectivity index (χ4n) is 3.94. The van der Waals surface area contributed by atoms with Gasteiger partial charge in [0.2, 0.25) is 0 Å². The van der Waals surface area contributed by atoms with E-state index in [4.69, 9.17) is 0 Å². The molecule has 2 nitrogen and oxygen atoms in total. The molecule has 0 radical (unpaired) electrons. The first-order valence-corrected chi connectivity index (χ1v) is 7.00. The summed E-state index contributed by atoms with van der Waals surface area (Å²) in [6.45, 7) is 5.66. The second-order valence-electron chi connectivity index (χ2n) is 7.62. The molecule has 1 aliphatic heterocycles. The van der Waals surface area contributed by atoms with E-state index in [-0.39, 0.29) is 0 Å². The van der Waals surface area contributed by atoms with Crippen LogP contribution in [0.1, 0.15) is 25.7 Å². The maximum atomic E-state index is 2.50. The highest BCUT2D eigenvalue weighted by molar-refractivity contribution is 4.79. The lowest BCUT2D eigenvalue weighted by atomic mass is 9.96. The summed E-state index contributed by atoms with van der Waals surface area (Å²) in [6, 6.07) is 0. The second-order valence-corrected chi connectivity index (χ2v) is 7.62. The van der Waals surface area contributed by atoms with Gasteiger partial charge in [-0.1, -0.05) is 0 Å². The number of likely N-dealkylation sites (tertiary alicyclic amines) is 1. The molecule has 0 aromatic heterocycles. The summed E-state index contributed by atoms with van der Waals surface area (Å²) in [7, 11) is 9.42. The lowest BCUT2D eigenvalue weighted by molar-refractivity contribution is -0.925. The van der Waals surface area contributed by atoms with Gasteiger partial charge < -0.3 is 8.97 Å². The number of nitrogens with zero attached hydrogens (tertiary/aromatic N) is 2. The molecule has 0 N–H and O–H groups in total. The fourth-order valence-corrected chi connectivity index (χ4v) is 3.94. The molecule has 0 aromatic carbocycles. The van der Waals surface area contributed by atoms with E-state index >= 15 is 0 Å². The van der Waals surface area contributed by atoms with Crippen LogP contribution in [0.2, 0.25) is 0 Å². The normalized spacial score (nSPS) is 39.0. The Bertz CT molecular complexity index is 230. The Morgan fingerprint density at radius 3 is 2.12 bits per heavy atom. The summed E-state index contributed by atoms with van der Waals surface area (Å²) in [5, 5.41) is 0. The van der Waals surface area contributed by atoms with Crippen molar-refractivity contribution in [2.75, 3.05) is 54.4 Å². The van der Waals surface area contributed by atoms with Crippen LogP contribution < -0.4 is 0 Å². The Labute approximate surface area is 101 Å². The summed E-state index contributed by atoms with van der Waals surface area (Å²) in [5.41, 5.74) is 0. The van der Waals surface area contributed by atoms with Gasteiger partial charge in [-0.3, -0.25) is 0 Å². The Balaban J connectivity index is 1.80. The predicted molar refractivity (Wildman–Crippen MR) is 69.1 cm³/mol. The van der Waals surface area contributed by atoms with Crippen LogP contribution in [0.5, 0.6) is 0 Å². The minimum absolute atomic E-state index is 1.06. The molecule has 0 spiro atoms. The molecule has 1 heterocycles. The minimum Gasteiger partial charge on any atom is -0.331 e. The molecule has 2 rings (SSSR count). The van der Waals surface area contributed by atoms with E-state index in [0.29, 0.717) is 0 Å². The molecule has 1 aliphatic carbocycles. The second kappa shape index (κ2) is 4.30. The molecule has 0 aromatic rings. The van der Waals surface area contributed by atoms with Gasteiger partial charge in [-0.2, -0.15) is 0 Å². The molecule has 94 valence electrons. The number of piperidine rings is 1. The van der Waals surface area contributed by atoms with Crippen LogP contribution in [0.25, 0.3) is 0 Å². The topological polar surface area (TPSA) is 0 Å². The lowest BCUT2D eigenvalue weighted by Crippen LogP contribution is -2.53. The molecule has 1 saturated heterocycles. The van der Waals surface area contributed by atoms with E-state index < -0.39 is 0 Å². The first-order valence-electron chi connectivity index (χ1n) is 7.00. The van der Waals surface area contributed by atoms with Gasteiger partial charge in [0, 0.05) is 18.3 Å². The van der Waals surface area contributed by atoms with Crippen LogP contribution in [0.15, 0.2) is 0 Å². The van der Waals surface area contributed by atoms with Crippen molar-refractivity contribution in [2.24, 2.45) is 11.8 Å². The SMILES string of the molecule is C[N+](C)(C)CCC[N+]1(C)CC2CCC(C2)C1. The van der Waals surface area contributed by atoms with Crippen LogP contribution in [-0.2, 0) is 0 Å². The van der Waals surface area contributed by atoms with Crippen LogP contribution in [0.3, 0.4) is 0 Å². The van der Waals surface area contributed by atoms with Gasteiger partial charge in [0.1, 0.15) is 0 Å². The fraction of sp³-hybridized carbons (Fsp3) is 1.00. The summed E-state index contributed by atoms with van der Waals surface area (Å²) >= 11 is 0. The number of hydrogen-bond donors (Lipinski definition) is 0. The average Bonchev–Trinajstić information content (AvgIpc) is 2.43. The van der Waals surface area contributed by atoms with Crippen molar-refractivity contribution in [1.82, 2.24) is 0 Å².